The van der Waals surface area contributed by atoms with Gasteiger partial charge in [0.15, 0.2) is 0 Å². The maximum absolute atomic E-state index is 11.9. The fourth-order valence-corrected chi connectivity index (χ4v) is 2.29. The molecule has 1 heterocycles. The lowest BCUT2D eigenvalue weighted by Crippen LogP contribution is -2.47. The number of amides is 1. The van der Waals surface area contributed by atoms with Crippen LogP contribution in [0.5, 0.6) is 0 Å². The van der Waals surface area contributed by atoms with Gasteiger partial charge in [-0.15, -0.1) is 0 Å². The molecule has 104 valence electrons. The first-order valence-corrected chi connectivity index (χ1v) is 6.66. The van der Waals surface area contributed by atoms with E-state index in [4.69, 9.17) is 5.11 Å². The zero-order valence-corrected chi connectivity index (χ0v) is 11.6. The third-order valence-electron chi connectivity index (χ3n) is 3.95. The summed E-state index contributed by atoms with van der Waals surface area (Å²) < 4.78 is 0. The van der Waals surface area contributed by atoms with Crippen LogP contribution in [0.4, 0.5) is 0 Å². The Balaban J connectivity index is 2.45. The van der Waals surface area contributed by atoms with Gasteiger partial charge in [0, 0.05) is 13.1 Å². The fraction of sp³-hybridized carbons (Fsp3) is 0.846. The molecule has 0 unspecified atom stereocenters. The summed E-state index contributed by atoms with van der Waals surface area (Å²) in [5, 5.41) is 9.14. The van der Waals surface area contributed by atoms with E-state index in [1.807, 2.05) is 18.7 Å². The molecular formula is C13H24N2O3. The molecule has 18 heavy (non-hydrogen) atoms. The van der Waals surface area contributed by atoms with Gasteiger partial charge < -0.3 is 10.0 Å². The molecule has 0 radical (unpaired) electrons. The summed E-state index contributed by atoms with van der Waals surface area (Å²) >= 11 is 0. The maximum atomic E-state index is 11.9. The third kappa shape index (κ3) is 3.45. The first-order chi connectivity index (χ1) is 8.42. The highest BCUT2D eigenvalue weighted by Crippen LogP contribution is 2.30. The number of likely N-dealkylation sites (tertiary alicyclic amines) is 1. The van der Waals surface area contributed by atoms with Crippen LogP contribution in [0.3, 0.4) is 0 Å². The average molecular weight is 256 g/mol. The van der Waals surface area contributed by atoms with Crippen LogP contribution in [0.15, 0.2) is 0 Å². The van der Waals surface area contributed by atoms with Gasteiger partial charge in [0.2, 0.25) is 5.91 Å². The number of aliphatic carboxylic acids is 1. The number of hydrogen-bond donors (Lipinski definition) is 1. The van der Waals surface area contributed by atoms with Crippen molar-refractivity contribution in [3.63, 3.8) is 0 Å². The van der Waals surface area contributed by atoms with Crippen LogP contribution in [0.1, 0.15) is 33.6 Å². The van der Waals surface area contributed by atoms with Gasteiger partial charge in [0.05, 0.1) is 12.0 Å². The van der Waals surface area contributed by atoms with Crippen molar-refractivity contribution in [2.75, 3.05) is 32.7 Å². The minimum absolute atomic E-state index is 0.138. The minimum Gasteiger partial charge on any atom is -0.481 e. The van der Waals surface area contributed by atoms with E-state index in [9.17, 15) is 9.59 Å². The Hall–Kier alpha value is -1.10. The van der Waals surface area contributed by atoms with Crippen molar-refractivity contribution in [3.8, 4) is 0 Å². The Bertz CT molecular complexity index is 305. The van der Waals surface area contributed by atoms with Crippen LogP contribution in [0.2, 0.25) is 0 Å². The lowest BCUT2D eigenvalue weighted by molar-refractivity contribution is -0.150. The number of hydrogen-bond acceptors (Lipinski definition) is 3. The summed E-state index contributed by atoms with van der Waals surface area (Å²) in [6.07, 6.45) is 1.24. The second-order valence-electron chi connectivity index (χ2n) is 5.21. The highest BCUT2D eigenvalue weighted by molar-refractivity contribution is 5.78. The summed E-state index contributed by atoms with van der Waals surface area (Å²) in [5.74, 6) is -0.587. The van der Waals surface area contributed by atoms with Crippen LogP contribution in [0, 0.1) is 5.41 Å². The van der Waals surface area contributed by atoms with Gasteiger partial charge in [-0.25, -0.2) is 0 Å². The van der Waals surface area contributed by atoms with E-state index in [1.54, 1.807) is 6.92 Å². The van der Waals surface area contributed by atoms with Crippen molar-refractivity contribution in [1.82, 2.24) is 9.80 Å². The number of carboxylic acids is 1. The van der Waals surface area contributed by atoms with Gasteiger partial charge in [0.25, 0.3) is 0 Å². The molecule has 0 aromatic heterocycles. The molecule has 1 aliphatic rings. The fourth-order valence-electron chi connectivity index (χ4n) is 2.29. The van der Waals surface area contributed by atoms with Gasteiger partial charge in [-0.2, -0.15) is 0 Å². The molecule has 0 bridgehead atoms. The molecule has 1 fully saturated rings. The van der Waals surface area contributed by atoms with E-state index in [1.165, 1.54) is 0 Å². The molecule has 5 nitrogen and oxygen atoms in total. The van der Waals surface area contributed by atoms with Crippen molar-refractivity contribution >= 4 is 11.9 Å². The molecule has 1 saturated heterocycles. The number of likely N-dealkylation sites (N-methyl/N-ethyl adjacent to an activating group) is 1. The Morgan fingerprint density at radius 3 is 2.11 bits per heavy atom. The topological polar surface area (TPSA) is 60.9 Å². The van der Waals surface area contributed by atoms with Crippen LogP contribution >= 0.6 is 0 Å². The van der Waals surface area contributed by atoms with E-state index in [0.29, 0.717) is 32.5 Å². The largest absolute Gasteiger partial charge is 0.481 e. The summed E-state index contributed by atoms with van der Waals surface area (Å²) in [7, 11) is 0. The first-order valence-electron chi connectivity index (χ1n) is 6.66. The molecule has 0 aliphatic carbocycles. The average Bonchev–Trinajstić information content (AvgIpc) is 2.33. The number of carbonyl (C=O) groups excluding carboxylic acids is 1. The standard InChI is InChI=1S/C13H24N2O3/c1-4-15(5-2)11(16)10-14-8-6-13(3,7-9-14)12(17)18/h4-10H2,1-3H3,(H,17,18). The Morgan fingerprint density at radius 2 is 1.72 bits per heavy atom. The molecule has 5 heteroatoms. The molecule has 0 aromatic carbocycles. The van der Waals surface area contributed by atoms with E-state index >= 15 is 0 Å². The van der Waals surface area contributed by atoms with Crippen molar-refractivity contribution in [2.24, 2.45) is 5.41 Å². The Labute approximate surface area is 109 Å². The second-order valence-corrected chi connectivity index (χ2v) is 5.21. The molecule has 0 atom stereocenters. The van der Waals surface area contributed by atoms with E-state index in [-0.39, 0.29) is 5.91 Å². The summed E-state index contributed by atoms with van der Waals surface area (Å²) in [6, 6.07) is 0. The maximum Gasteiger partial charge on any atom is 0.309 e. The first kappa shape index (κ1) is 15.0. The molecule has 1 rings (SSSR count). The number of rotatable bonds is 5. The minimum atomic E-state index is -0.725. The third-order valence-corrected chi connectivity index (χ3v) is 3.95. The number of carbonyl (C=O) groups is 2. The van der Waals surface area contributed by atoms with Gasteiger partial charge >= 0.3 is 5.97 Å². The Morgan fingerprint density at radius 1 is 1.22 bits per heavy atom. The lowest BCUT2D eigenvalue weighted by atomic mass is 9.80. The van der Waals surface area contributed by atoms with Gasteiger partial charge in [0.1, 0.15) is 0 Å². The zero-order valence-electron chi connectivity index (χ0n) is 11.6. The summed E-state index contributed by atoms with van der Waals surface area (Å²) in [4.78, 5) is 26.9. The van der Waals surface area contributed by atoms with Crippen LogP contribution in [-0.4, -0.2) is 59.5 Å². The van der Waals surface area contributed by atoms with Crippen molar-refractivity contribution in [1.29, 1.82) is 0 Å². The van der Waals surface area contributed by atoms with Crippen LogP contribution in [0.25, 0.3) is 0 Å². The summed E-state index contributed by atoms with van der Waals surface area (Å²) in [5.41, 5.74) is -0.616. The quantitative estimate of drug-likeness (QED) is 0.798. The van der Waals surface area contributed by atoms with E-state index < -0.39 is 11.4 Å². The van der Waals surface area contributed by atoms with Gasteiger partial charge in [-0.1, -0.05) is 0 Å². The molecule has 0 spiro atoms. The molecule has 1 N–H and O–H groups in total. The molecule has 0 aromatic rings. The smallest absolute Gasteiger partial charge is 0.309 e. The van der Waals surface area contributed by atoms with Crippen molar-refractivity contribution in [3.05, 3.63) is 0 Å². The second kappa shape index (κ2) is 6.18. The highest BCUT2D eigenvalue weighted by atomic mass is 16.4. The van der Waals surface area contributed by atoms with Gasteiger partial charge in [-0.3, -0.25) is 14.5 Å². The van der Waals surface area contributed by atoms with Crippen LogP contribution in [-0.2, 0) is 9.59 Å². The van der Waals surface area contributed by atoms with E-state index in [2.05, 4.69) is 4.90 Å². The number of piperidine rings is 1. The predicted molar refractivity (Wildman–Crippen MR) is 69.3 cm³/mol. The van der Waals surface area contributed by atoms with Crippen molar-refractivity contribution < 1.29 is 14.7 Å². The monoisotopic (exact) mass is 256 g/mol. The molecule has 1 amide bonds. The molecule has 1 aliphatic heterocycles. The molecular weight excluding hydrogens is 232 g/mol. The Kier molecular flexibility index (Phi) is 5.14. The summed E-state index contributed by atoms with van der Waals surface area (Å²) in [6.45, 7) is 8.99. The van der Waals surface area contributed by atoms with Crippen LogP contribution < -0.4 is 0 Å². The van der Waals surface area contributed by atoms with Gasteiger partial charge in [-0.05, 0) is 46.7 Å². The van der Waals surface area contributed by atoms with E-state index in [0.717, 1.165) is 13.1 Å². The zero-order chi connectivity index (χ0) is 13.8. The van der Waals surface area contributed by atoms with Crippen molar-refractivity contribution in [2.45, 2.75) is 33.6 Å². The lowest BCUT2D eigenvalue weighted by Gasteiger charge is -2.36. The predicted octanol–water partition coefficient (Wildman–Crippen LogP) is 1.04. The highest BCUT2D eigenvalue weighted by Gasteiger charge is 2.37. The number of nitrogens with zero attached hydrogens (tertiary/aromatic N) is 2. The number of carboxylic acid groups (broad SMARTS) is 1. The SMILES string of the molecule is CCN(CC)C(=O)CN1CCC(C)(C(=O)O)CC1. The normalized spacial score (nSPS) is 19.5. The molecule has 0 saturated carbocycles.